The predicted molar refractivity (Wildman–Crippen MR) is 158 cm³/mol. The fourth-order valence-corrected chi connectivity index (χ4v) is 9.36. The summed E-state index contributed by atoms with van der Waals surface area (Å²) in [6.45, 7) is 13.5. The standard InChI is InChI=1S/C33H44O3Si/c1-27(17-18-28(2)25-35-26-29-19-21-30(34-6)22-20-29)23-24-36-37(33(3,4)5,31-13-9-7-10-14-31)32-15-11-8-12-16-32/h7-17,19-22,28H,18,23-26H2,1-6H3/b27-17+/t28-/m0/s1. The Bertz CT molecular complexity index is 1050. The van der Waals surface area contributed by atoms with Gasteiger partial charge in [0.05, 0.1) is 13.7 Å². The quantitative estimate of drug-likeness (QED) is 0.178. The van der Waals surface area contributed by atoms with Gasteiger partial charge in [-0.2, -0.15) is 0 Å². The van der Waals surface area contributed by atoms with E-state index in [2.05, 4.69) is 113 Å². The van der Waals surface area contributed by atoms with Crippen molar-refractivity contribution in [1.29, 1.82) is 0 Å². The highest BCUT2D eigenvalue weighted by Gasteiger charge is 2.49. The molecule has 0 heterocycles. The molecule has 37 heavy (non-hydrogen) atoms. The summed E-state index contributed by atoms with van der Waals surface area (Å²) in [6, 6.07) is 29.8. The molecule has 1 atom stereocenters. The van der Waals surface area contributed by atoms with Crippen molar-refractivity contribution >= 4 is 18.7 Å². The summed E-state index contributed by atoms with van der Waals surface area (Å²) in [7, 11) is -0.787. The minimum absolute atomic E-state index is 0.00304. The van der Waals surface area contributed by atoms with Crippen LogP contribution in [0.15, 0.2) is 96.6 Å². The normalized spacial score (nSPS) is 13.4. The van der Waals surface area contributed by atoms with E-state index in [-0.39, 0.29) is 5.04 Å². The van der Waals surface area contributed by atoms with Gasteiger partial charge in [-0.15, -0.1) is 0 Å². The second-order valence-electron chi connectivity index (χ2n) is 11.0. The summed E-state index contributed by atoms with van der Waals surface area (Å²) in [4.78, 5) is 0. The third-order valence-corrected chi connectivity index (χ3v) is 12.0. The average Bonchev–Trinajstić information content (AvgIpc) is 2.90. The van der Waals surface area contributed by atoms with Crippen molar-refractivity contribution in [3.05, 3.63) is 102 Å². The van der Waals surface area contributed by atoms with Crippen molar-refractivity contribution in [3.8, 4) is 5.75 Å². The number of hydrogen-bond donors (Lipinski definition) is 0. The van der Waals surface area contributed by atoms with E-state index in [1.165, 1.54) is 21.5 Å². The van der Waals surface area contributed by atoms with Gasteiger partial charge in [0.1, 0.15) is 5.75 Å². The van der Waals surface area contributed by atoms with Gasteiger partial charge in [0.15, 0.2) is 0 Å². The molecular weight excluding hydrogens is 472 g/mol. The van der Waals surface area contributed by atoms with Gasteiger partial charge in [-0.3, -0.25) is 0 Å². The van der Waals surface area contributed by atoms with Crippen LogP contribution in [0.25, 0.3) is 0 Å². The molecule has 0 spiro atoms. The Hall–Kier alpha value is -2.66. The molecule has 0 radical (unpaired) electrons. The van der Waals surface area contributed by atoms with Crippen molar-refractivity contribution in [2.24, 2.45) is 5.92 Å². The van der Waals surface area contributed by atoms with Crippen LogP contribution in [0.2, 0.25) is 5.04 Å². The van der Waals surface area contributed by atoms with Gasteiger partial charge in [-0.1, -0.05) is 112 Å². The van der Waals surface area contributed by atoms with Crippen molar-refractivity contribution in [3.63, 3.8) is 0 Å². The Balaban J connectivity index is 1.57. The van der Waals surface area contributed by atoms with Crippen LogP contribution in [0.4, 0.5) is 0 Å². The van der Waals surface area contributed by atoms with Crippen LogP contribution >= 0.6 is 0 Å². The minimum atomic E-state index is -2.47. The van der Waals surface area contributed by atoms with Crippen molar-refractivity contribution < 1.29 is 13.9 Å². The first-order valence-electron chi connectivity index (χ1n) is 13.4. The summed E-state index contributed by atoms with van der Waals surface area (Å²) in [5, 5.41) is 2.67. The van der Waals surface area contributed by atoms with Gasteiger partial charge in [0.25, 0.3) is 8.32 Å². The molecule has 3 aromatic rings. The lowest BCUT2D eigenvalue weighted by Gasteiger charge is -2.43. The molecule has 0 bridgehead atoms. The second-order valence-corrected chi connectivity index (χ2v) is 15.3. The Morgan fingerprint density at radius 1 is 0.865 bits per heavy atom. The molecule has 0 saturated heterocycles. The average molecular weight is 517 g/mol. The minimum Gasteiger partial charge on any atom is -0.497 e. The Morgan fingerprint density at radius 3 is 1.95 bits per heavy atom. The van der Waals surface area contributed by atoms with E-state index < -0.39 is 8.32 Å². The SMILES string of the molecule is COc1ccc(COC[C@@H](C)C/C=C(\C)CCO[Si](c2ccccc2)(c2ccccc2)C(C)(C)C)cc1. The molecule has 0 aromatic heterocycles. The number of allylic oxidation sites excluding steroid dienone is 1. The monoisotopic (exact) mass is 516 g/mol. The van der Waals surface area contributed by atoms with Crippen molar-refractivity contribution in [2.75, 3.05) is 20.3 Å². The maximum Gasteiger partial charge on any atom is 0.261 e. The van der Waals surface area contributed by atoms with E-state index in [9.17, 15) is 0 Å². The first kappa shape index (κ1) is 28.9. The molecule has 0 aliphatic heterocycles. The molecule has 3 rings (SSSR count). The second kappa shape index (κ2) is 13.8. The highest BCUT2D eigenvalue weighted by Crippen LogP contribution is 2.37. The maximum atomic E-state index is 7.04. The lowest BCUT2D eigenvalue weighted by atomic mass is 10.1. The van der Waals surface area contributed by atoms with Crippen LogP contribution in [0, 0.1) is 5.92 Å². The molecule has 4 heteroatoms. The summed E-state index contributed by atoms with van der Waals surface area (Å²) < 4.78 is 18.2. The van der Waals surface area contributed by atoms with Gasteiger partial charge < -0.3 is 13.9 Å². The van der Waals surface area contributed by atoms with E-state index in [0.717, 1.165) is 31.8 Å². The number of methoxy groups -OCH3 is 1. The van der Waals surface area contributed by atoms with Gasteiger partial charge in [-0.25, -0.2) is 0 Å². The number of benzene rings is 3. The zero-order valence-corrected chi connectivity index (χ0v) is 24.5. The summed E-state index contributed by atoms with van der Waals surface area (Å²) >= 11 is 0. The lowest BCUT2D eigenvalue weighted by Crippen LogP contribution is -2.66. The van der Waals surface area contributed by atoms with E-state index in [1.54, 1.807) is 7.11 Å². The molecule has 198 valence electrons. The summed E-state index contributed by atoms with van der Waals surface area (Å²) in [5.41, 5.74) is 2.54. The van der Waals surface area contributed by atoms with E-state index >= 15 is 0 Å². The molecule has 3 aromatic carbocycles. The maximum absolute atomic E-state index is 7.04. The lowest BCUT2D eigenvalue weighted by molar-refractivity contribution is 0.0928. The molecule has 0 saturated carbocycles. The number of ether oxygens (including phenoxy) is 2. The van der Waals surface area contributed by atoms with Crippen molar-refractivity contribution in [2.45, 2.75) is 59.1 Å². The van der Waals surface area contributed by atoms with Crippen LogP contribution in [0.1, 0.15) is 53.0 Å². The molecule has 0 amide bonds. The first-order valence-corrected chi connectivity index (χ1v) is 15.3. The van der Waals surface area contributed by atoms with E-state index in [0.29, 0.717) is 12.5 Å². The first-order chi connectivity index (χ1) is 17.8. The highest BCUT2D eigenvalue weighted by molar-refractivity contribution is 6.99. The van der Waals surface area contributed by atoms with Gasteiger partial charge in [0.2, 0.25) is 0 Å². The molecule has 0 aliphatic carbocycles. The van der Waals surface area contributed by atoms with Crippen LogP contribution in [0.5, 0.6) is 5.75 Å². The fraction of sp³-hybridized carbons (Fsp3) is 0.394. The Kier molecular flexibility index (Phi) is 10.7. The summed E-state index contributed by atoms with van der Waals surface area (Å²) in [5.74, 6) is 1.34. The molecular formula is C33H44O3Si. The summed E-state index contributed by atoms with van der Waals surface area (Å²) in [6.07, 6.45) is 4.30. The number of hydrogen-bond acceptors (Lipinski definition) is 3. The van der Waals surface area contributed by atoms with Crippen LogP contribution in [-0.4, -0.2) is 28.6 Å². The number of rotatable bonds is 13. The molecule has 0 unspecified atom stereocenters. The van der Waals surface area contributed by atoms with Crippen LogP contribution in [-0.2, 0) is 15.8 Å². The third kappa shape index (κ3) is 7.91. The van der Waals surface area contributed by atoms with E-state index in [4.69, 9.17) is 13.9 Å². The van der Waals surface area contributed by atoms with Crippen LogP contribution in [0.3, 0.4) is 0 Å². The van der Waals surface area contributed by atoms with Gasteiger partial charge in [0, 0.05) is 13.2 Å². The Labute approximate surface area is 225 Å². The highest BCUT2D eigenvalue weighted by atomic mass is 28.4. The fourth-order valence-electron chi connectivity index (χ4n) is 4.80. The van der Waals surface area contributed by atoms with Gasteiger partial charge in [-0.05, 0) is 58.8 Å². The smallest absolute Gasteiger partial charge is 0.261 e. The molecule has 3 nitrogen and oxygen atoms in total. The third-order valence-electron chi connectivity index (χ3n) is 6.93. The van der Waals surface area contributed by atoms with Gasteiger partial charge >= 0.3 is 0 Å². The zero-order valence-electron chi connectivity index (χ0n) is 23.5. The Morgan fingerprint density at radius 2 is 1.43 bits per heavy atom. The van der Waals surface area contributed by atoms with Crippen LogP contribution < -0.4 is 15.1 Å². The molecule has 0 fully saturated rings. The molecule has 0 aliphatic rings. The largest absolute Gasteiger partial charge is 0.497 e. The van der Waals surface area contributed by atoms with Crippen molar-refractivity contribution in [1.82, 2.24) is 0 Å². The topological polar surface area (TPSA) is 27.7 Å². The predicted octanol–water partition coefficient (Wildman–Crippen LogP) is 7.15. The zero-order chi connectivity index (χ0) is 26.7. The molecule has 0 N–H and O–H groups in total. The van der Waals surface area contributed by atoms with E-state index in [1.807, 2.05) is 12.1 Å².